The molecular formula is C30H25Cl2N3. The van der Waals surface area contributed by atoms with Gasteiger partial charge in [0.1, 0.15) is 0 Å². The summed E-state index contributed by atoms with van der Waals surface area (Å²) in [5, 5.41) is 15.9. The molecule has 0 N–H and O–H groups in total. The van der Waals surface area contributed by atoms with Crippen LogP contribution in [0.25, 0.3) is 28.6 Å². The van der Waals surface area contributed by atoms with Crippen molar-refractivity contribution in [3.8, 4) is 23.0 Å². The smallest absolute Gasteiger partial charge is 0.1000 e. The Kier molecular flexibility index (Phi) is 7.04. The molecule has 1 aliphatic carbocycles. The Morgan fingerprint density at radius 2 is 1.69 bits per heavy atom. The van der Waals surface area contributed by atoms with Crippen LogP contribution in [0.3, 0.4) is 0 Å². The van der Waals surface area contributed by atoms with Crippen molar-refractivity contribution in [2.75, 3.05) is 0 Å². The minimum atomic E-state index is 0.444. The van der Waals surface area contributed by atoms with Crippen molar-refractivity contribution < 1.29 is 0 Å². The van der Waals surface area contributed by atoms with E-state index in [2.05, 4.69) is 30.3 Å². The van der Waals surface area contributed by atoms with E-state index in [0.717, 1.165) is 22.5 Å². The number of allylic oxidation sites excluding steroid dienone is 1. The molecule has 3 nitrogen and oxygen atoms in total. The Morgan fingerprint density at radius 1 is 0.943 bits per heavy atom. The number of benzene rings is 3. The number of hydrogen-bond donors (Lipinski definition) is 0. The molecule has 0 saturated heterocycles. The fourth-order valence-electron chi connectivity index (χ4n) is 4.81. The van der Waals surface area contributed by atoms with E-state index >= 15 is 0 Å². The number of aromatic nitrogens is 2. The van der Waals surface area contributed by atoms with Gasteiger partial charge in [-0.05, 0) is 54.7 Å². The minimum Gasteiger partial charge on any atom is -0.240 e. The van der Waals surface area contributed by atoms with Crippen LogP contribution in [0.1, 0.15) is 54.7 Å². The van der Waals surface area contributed by atoms with Crippen LogP contribution in [0.15, 0.2) is 79.0 Å². The number of hydrogen-bond acceptors (Lipinski definition) is 2. The lowest BCUT2D eigenvalue weighted by atomic mass is 9.84. The highest BCUT2D eigenvalue weighted by Gasteiger charge is 2.17. The molecule has 1 aromatic heterocycles. The molecular weight excluding hydrogens is 473 g/mol. The number of nitriles is 1. The van der Waals surface area contributed by atoms with E-state index in [4.69, 9.17) is 28.3 Å². The highest BCUT2D eigenvalue weighted by molar-refractivity contribution is 6.36. The van der Waals surface area contributed by atoms with Crippen LogP contribution in [-0.4, -0.2) is 9.78 Å². The second-order valence-corrected chi connectivity index (χ2v) is 9.81. The van der Waals surface area contributed by atoms with Gasteiger partial charge in [-0.3, -0.25) is 0 Å². The summed E-state index contributed by atoms with van der Waals surface area (Å²) in [5.74, 6) is 0.649. The highest BCUT2D eigenvalue weighted by Crippen LogP contribution is 2.35. The Bertz CT molecular complexity index is 1390. The fraction of sp³-hybridized carbons (Fsp3) is 0.200. The number of para-hydroxylation sites is 1. The first kappa shape index (κ1) is 23.4. The zero-order valence-electron chi connectivity index (χ0n) is 19.3. The van der Waals surface area contributed by atoms with E-state index in [-0.39, 0.29) is 0 Å². The molecule has 0 amide bonds. The van der Waals surface area contributed by atoms with Crippen LogP contribution in [0.4, 0.5) is 0 Å². The van der Waals surface area contributed by atoms with Gasteiger partial charge in [0.15, 0.2) is 0 Å². The summed E-state index contributed by atoms with van der Waals surface area (Å²) in [6.07, 6.45) is 10.3. The summed E-state index contributed by atoms with van der Waals surface area (Å²) in [6.45, 7) is 0. The van der Waals surface area contributed by atoms with Crippen LogP contribution in [0.2, 0.25) is 10.0 Å². The second kappa shape index (κ2) is 10.5. The van der Waals surface area contributed by atoms with E-state index in [1.165, 1.54) is 37.7 Å². The molecule has 5 rings (SSSR count). The third-order valence-electron chi connectivity index (χ3n) is 6.67. The first-order chi connectivity index (χ1) is 17.1. The summed E-state index contributed by atoms with van der Waals surface area (Å²) < 4.78 is 1.86. The average molecular weight is 498 g/mol. The van der Waals surface area contributed by atoms with Crippen molar-refractivity contribution >= 4 is 34.9 Å². The Morgan fingerprint density at radius 3 is 2.37 bits per heavy atom. The lowest BCUT2D eigenvalue weighted by molar-refractivity contribution is 0.443. The summed E-state index contributed by atoms with van der Waals surface area (Å²) >= 11 is 12.5. The molecule has 174 valence electrons. The van der Waals surface area contributed by atoms with E-state index in [1.54, 1.807) is 18.2 Å². The summed E-state index contributed by atoms with van der Waals surface area (Å²) in [6, 6.07) is 26.2. The summed E-state index contributed by atoms with van der Waals surface area (Å²) in [4.78, 5) is 0. The van der Waals surface area contributed by atoms with Gasteiger partial charge in [-0.15, -0.1) is 0 Å². The Hall–Kier alpha value is -3.32. The maximum absolute atomic E-state index is 9.96. The normalized spacial score (nSPS) is 14.6. The SMILES string of the molecule is N#C/C(=C\c1cn(-c2ccccc2)nc1-c1ccc(C2CCCCC2)cc1)c1ccc(Cl)cc1Cl. The summed E-state index contributed by atoms with van der Waals surface area (Å²) in [7, 11) is 0. The van der Waals surface area contributed by atoms with Crippen LogP contribution >= 0.6 is 23.2 Å². The number of halogens is 2. The van der Waals surface area contributed by atoms with Gasteiger partial charge in [0, 0.05) is 27.9 Å². The molecule has 0 unspecified atom stereocenters. The molecule has 1 aliphatic rings. The minimum absolute atomic E-state index is 0.444. The first-order valence-corrected chi connectivity index (χ1v) is 12.7. The third kappa shape index (κ3) is 5.20. The van der Waals surface area contributed by atoms with Gasteiger partial charge >= 0.3 is 0 Å². The van der Waals surface area contributed by atoms with Gasteiger partial charge in [0.2, 0.25) is 0 Å². The highest BCUT2D eigenvalue weighted by atomic mass is 35.5. The second-order valence-electron chi connectivity index (χ2n) is 8.96. The lowest BCUT2D eigenvalue weighted by Gasteiger charge is -2.22. The van der Waals surface area contributed by atoms with E-state index < -0.39 is 0 Å². The lowest BCUT2D eigenvalue weighted by Crippen LogP contribution is -2.04. The van der Waals surface area contributed by atoms with Crippen molar-refractivity contribution in [3.63, 3.8) is 0 Å². The van der Waals surface area contributed by atoms with Crippen molar-refractivity contribution in [2.24, 2.45) is 0 Å². The molecule has 0 spiro atoms. The van der Waals surface area contributed by atoms with Crippen molar-refractivity contribution in [1.82, 2.24) is 9.78 Å². The van der Waals surface area contributed by atoms with Crippen LogP contribution < -0.4 is 0 Å². The van der Waals surface area contributed by atoms with Crippen molar-refractivity contribution in [2.45, 2.75) is 38.0 Å². The zero-order chi connectivity index (χ0) is 24.2. The maximum atomic E-state index is 9.96. The molecule has 0 atom stereocenters. The predicted molar refractivity (Wildman–Crippen MR) is 145 cm³/mol. The molecule has 0 bridgehead atoms. The maximum Gasteiger partial charge on any atom is 0.1000 e. The molecule has 4 aromatic rings. The van der Waals surface area contributed by atoms with Crippen LogP contribution in [0, 0.1) is 11.3 Å². The molecule has 5 heteroatoms. The predicted octanol–water partition coefficient (Wildman–Crippen LogP) is 8.96. The topological polar surface area (TPSA) is 41.6 Å². The number of nitrogens with zero attached hydrogens (tertiary/aromatic N) is 3. The quantitative estimate of drug-likeness (QED) is 0.258. The molecule has 0 aliphatic heterocycles. The molecule has 1 saturated carbocycles. The van der Waals surface area contributed by atoms with Crippen LogP contribution in [-0.2, 0) is 0 Å². The van der Waals surface area contributed by atoms with Gasteiger partial charge in [0.05, 0.1) is 28.0 Å². The van der Waals surface area contributed by atoms with E-state index in [1.807, 2.05) is 47.3 Å². The fourth-order valence-corrected chi connectivity index (χ4v) is 5.32. The Balaban J connectivity index is 1.58. The van der Waals surface area contributed by atoms with Crippen molar-refractivity contribution in [3.05, 3.63) is 106 Å². The van der Waals surface area contributed by atoms with Gasteiger partial charge in [-0.2, -0.15) is 10.4 Å². The van der Waals surface area contributed by atoms with E-state index in [9.17, 15) is 5.26 Å². The number of rotatable bonds is 5. The molecule has 35 heavy (non-hydrogen) atoms. The zero-order valence-corrected chi connectivity index (χ0v) is 20.8. The Labute approximate surface area is 216 Å². The largest absolute Gasteiger partial charge is 0.240 e. The van der Waals surface area contributed by atoms with Crippen molar-refractivity contribution in [1.29, 1.82) is 5.26 Å². The molecule has 1 heterocycles. The molecule has 1 fully saturated rings. The summed E-state index contributed by atoms with van der Waals surface area (Å²) in [5.41, 5.74) is 6.15. The average Bonchev–Trinajstić information content (AvgIpc) is 3.33. The van der Waals surface area contributed by atoms with E-state index in [0.29, 0.717) is 27.1 Å². The first-order valence-electron chi connectivity index (χ1n) is 11.9. The van der Waals surface area contributed by atoms with Gasteiger partial charge in [0.25, 0.3) is 0 Å². The van der Waals surface area contributed by atoms with Gasteiger partial charge in [-0.1, -0.05) is 91.0 Å². The molecule has 0 radical (unpaired) electrons. The van der Waals surface area contributed by atoms with Gasteiger partial charge in [-0.25, -0.2) is 4.68 Å². The monoisotopic (exact) mass is 497 g/mol. The van der Waals surface area contributed by atoms with Gasteiger partial charge < -0.3 is 0 Å². The van der Waals surface area contributed by atoms with Crippen LogP contribution in [0.5, 0.6) is 0 Å². The standard InChI is InChI=1S/C30H25Cl2N3/c31-26-15-16-28(29(32)18-26)24(19-33)17-25-20-35(27-9-5-2-6-10-27)34-30(25)23-13-11-22(12-14-23)21-7-3-1-4-8-21/h2,5-6,9-18,20-21H,1,3-4,7-8H2/b24-17+. The molecule has 3 aromatic carbocycles. The third-order valence-corrected chi connectivity index (χ3v) is 7.21.